The predicted molar refractivity (Wildman–Crippen MR) is 77.2 cm³/mol. The van der Waals surface area contributed by atoms with E-state index in [-0.39, 0.29) is 17.1 Å². The first kappa shape index (κ1) is 17.0. The highest BCUT2D eigenvalue weighted by molar-refractivity contribution is 6.61. The van der Waals surface area contributed by atoms with Crippen molar-refractivity contribution in [3.05, 3.63) is 29.3 Å². The Hall–Kier alpha value is -1.34. The lowest BCUT2D eigenvalue weighted by Crippen LogP contribution is -2.52. The standard InChI is InChI=1S/C15H18BF3O3/c1-9-8-14(3,4)22-16(21-9)11-5-6-12(10(2)20)13(7-11)15(17,18)19/h5-7,9H,8H2,1-4H3. The van der Waals surface area contributed by atoms with Gasteiger partial charge in [-0.1, -0.05) is 12.1 Å². The molecule has 1 unspecified atom stereocenters. The molecule has 0 radical (unpaired) electrons. The van der Waals surface area contributed by atoms with Crippen molar-refractivity contribution in [3.63, 3.8) is 0 Å². The van der Waals surface area contributed by atoms with E-state index in [4.69, 9.17) is 9.31 Å². The second kappa shape index (κ2) is 5.70. The van der Waals surface area contributed by atoms with E-state index in [0.717, 1.165) is 13.0 Å². The number of hydrogen-bond donors (Lipinski definition) is 0. The maximum absolute atomic E-state index is 13.2. The van der Waals surface area contributed by atoms with Crippen LogP contribution in [0.3, 0.4) is 0 Å². The lowest BCUT2D eigenvalue weighted by atomic mass is 9.74. The molecule has 22 heavy (non-hydrogen) atoms. The molecule has 0 aliphatic carbocycles. The van der Waals surface area contributed by atoms with Crippen LogP contribution in [0.5, 0.6) is 0 Å². The average Bonchev–Trinajstić information content (AvgIpc) is 2.34. The molecule has 0 aromatic heterocycles. The van der Waals surface area contributed by atoms with Crippen molar-refractivity contribution in [1.29, 1.82) is 0 Å². The quantitative estimate of drug-likeness (QED) is 0.621. The summed E-state index contributed by atoms with van der Waals surface area (Å²) in [5, 5.41) is 0. The number of halogens is 3. The molecule has 1 fully saturated rings. The van der Waals surface area contributed by atoms with Gasteiger partial charge in [0.05, 0.1) is 11.2 Å². The van der Waals surface area contributed by atoms with E-state index in [1.54, 1.807) is 0 Å². The first-order valence-corrected chi connectivity index (χ1v) is 7.05. The third-order valence-electron chi connectivity index (χ3n) is 3.56. The largest absolute Gasteiger partial charge is 0.494 e. The zero-order chi connectivity index (χ0) is 16.7. The fourth-order valence-electron chi connectivity index (χ4n) is 2.71. The van der Waals surface area contributed by atoms with Gasteiger partial charge in [0.25, 0.3) is 0 Å². The Balaban J connectivity index is 2.42. The number of Topliss-reactive ketones (excluding diaryl/α,β-unsaturated/α-hetero) is 1. The zero-order valence-corrected chi connectivity index (χ0v) is 13.0. The molecule has 1 saturated heterocycles. The second-order valence-corrected chi connectivity index (χ2v) is 6.22. The van der Waals surface area contributed by atoms with Crippen LogP contribution in [0.1, 0.15) is 50.0 Å². The third-order valence-corrected chi connectivity index (χ3v) is 3.56. The van der Waals surface area contributed by atoms with E-state index in [9.17, 15) is 18.0 Å². The lowest BCUT2D eigenvalue weighted by molar-refractivity contribution is -0.137. The summed E-state index contributed by atoms with van der Waals surface area (Å²) < 4.78 is 50.8. The van der Waals surface area contributed by atoms with Crippen LogP contribution in [0.2, 0.25) is 0 Å². The number of hydrogen-bond acceptors (Lipinski definition) is 3. The Labute approximate surface area is 127 Å². The summed E-state index contributed by atoms with van der Waals surface area (Å²) >= 11 is 0. The Morgan fingerprint density at radius 3 is 2.50 bits per heavy atom. The molecule has 1 aromatic carbocycles. The summed E-state index contributed by atoms with van der Waals surface area (Å²) in [6.45, 7) is 6.70. The minimum atomic E-state index is -4.60. The van der Waals surface area contributed by atoms with Crippen LogP contribution < -0.4 is 5.46 Å². The molecule has 1 aliphatic rings. The van der Waals surface area contributed by atoms with Gasteiger partial charge in [-0.25, -0.2) is 0 Å². The molecule has 2 rings (SSSR count). The van der Waals surface area contributed by atoms with Gasteiger partial charge in [-0.3, -0.25) is 4.79 Å². The molecule has 1 heterocycles. The number of ketones is 1. The summed E-state index contributed by atoms with van der Waals surface area (Å²) in [5.41, 5.74) is -1.53. The molecule has 3 nitrogen and oxygen atoms in total. The monoisotopic (exact) mass is 314 g/mol. The van der Waals surface area contributed by atoms with E-state index in [0.29, 0.717) is 6.42 Å². The van der Waals surface area contributed by atoms with Gasteiger partial charge < -0.3 is 9.31 Å². The van der Waals surface area contributed by atoms with E-state index >= 15 is 0 Å². The SMILES string of the molecule is CC(=O)c1ccc(B2OC(C)CC(C)(C)O2)cc1C(F)(F)F. The molecule has 0 amide bonds. The minimum Gasteiger partial charge on any atom is -0.405 e. The van der Waals surface area contributed by atoms with E-state index < -0.39 is 30.2 Å². The maximum Gasteiger partial charge on any atom is 0.494 e. The Morgan fingerprint density at radius 2 is 2.00 bits per heavy atom. The smallest absolute Gasteiger partial charge is 0.405 e. The van der Waals surface area contributed by atoms with Crippen molar-refractivity contribution in [1.82, 2.24) is 0 Å². The molecular formula is C15H18BF3O3. The molecule has 0 bridgehead atoms. The van der Waals surface area contributed by atoms with Gasteiger partial charge in [-0.05, 0) is 45.6 Å². The topological polar surface area (TPSA) is 35.5 Å². The first-order chi connectivity index (χ1) is 9.99. The van der Waals surface area contributed by atoms with Crippen LogP contribution >= 0.6 is 0 Å². The highest BCUT2D eigenvalue weighted by Crippen LogP contribution is 2.32. The summed E-state index contributed by atoms with van der Waals surface area (Å²) in [6.07, 6.45) is -4.08. The van der Waals surface area contributed by atoms with Crippen molar-refractivity contribution in [2.45, 2.75) is 52.0 Å². The number of benzene rings is 1. The van der Waals surface area contributed by atoms with E-state index in [2.05, 4.69) is 0 Å². The van der Waals surface area contributed by atoms with Crippen molar-refractivity contribution in [2.75, 3.05) is 0 Å². The first-order valence-electron chi connectivity index (χ1n) is 7.05. The second-order valence-electron chi connectivity index (χ2n) is 6.22. The van der Waals surface area contributed by atoms with Gasteiger partial charge in [0.1, 0.15) is 0 Å². The van der Waals surface area contributed by atoms with Crippen molar-refractivity contribution >= 4 is 18.4 Å². The average molecular weight is 314 g/mol. The number of rotatable bonds is 2. The molecular weight excluding hydrogens is 296 g/mol. The molecule has 1 atom stereocenters. The molecule has 7 heteroatoms. The highest BCUT2D eigenvalue weighted by Gasteiger charge is 2.40. The van der Waals surface area contributed by atoms with Gasteiger partial charge in [-0.15, -0.1) is 0 Å². The zero-order valence-electron chi connectivity index (χ0n) is 13.0. The van der Waals surface area contributed by atoms with Crippen LogP contribution in [0.15, 0.2) is 18.2 Å². The van der Waals surface area contributed by atoms with Gasteiger partial charge in [0.15, 0.2) is 5.78 Å². The van der Waals surface area contributed by atoms with Crippen molar-refractivity contribution in [3.8, 4) is 0 Å². The minimum absolute atomic E-state index is 0.129. The van der Waals surface area contributed by atoms with Crippen LogP contribution in [0, 0.1) is 0 Å². The summed E-state index contributed by atoms with van der Waals surface area (Å²) in [7, 11) is -0.874. The van der Waals surface area contributed by atoms with Crippen molar-refractivity contribution in [2.24, 2.45) is 0 Å². The number of alkyl halides is 3. The van der Waals surface area contributed by atoms with E-state index in [1.807, 2.05) is 20.8 Å². The summed E-state index contributed by atoms with van der Waals surface area (Å²) in [4.78, 5) is 11.4. The fourth-order valence-corrected chi connectivity index (χ4v) is 2.71. The predicted octanol–water partition coefficient (Wildman–Crippen LogP) is 3.21. The van der Waals surface area contributed by atoms with E-state index in [1.165, 1.54) is 12.1 Å². The molecule has 1 aliphatic heterocycles. The third kappa shape index (κ3) is 3.70. The Bertz CT molecular complexity index is 584. The van der Waals surface area contributed by atoms with Crippen LogP contribution in [-0.4, -0.2) is 24.6 Å². The van der Waals surface area contributed by atoms with Gasteiger partial charge >= 0.3 is 13.3 Å². The van der Waals surface area contributed by atoms with Gasteiger partial charge in [0, 0.05) is 11.7 Å². The van der Waals surface area contributed by atoms with Crippen molar-refractivity contribution < 1.29 is 27.3 Å². The Morgan fingerprint density at radius 1 is 1.36 bits per heavy atom. The van der Waals surface area contributed by atoms with Crippen LogP contribution in [0.25, 0.3) is 0 Å². The van der Waals surface area contributed by atoms with Crippen LogP contribution in [-0.2, 0) is 15.5 Å². The fraction of sp³-hybridized carbons (Fsp3) is 0.533. The molecule has 0 N–H and O–H groups in total. The lowest BCUT2D eigenvalue weighted by Gasteiger charge is -2.38. The number of carbonyl (C=O) groups is 1. The van der Waals surface area contributed by atoms with Crippen LogP contribution in [0.4, 0.5) is 13.2 Å². The van der Waals surface area contributed by atoms with Gasteiger partial charge in [-0.2, -0.15) is 13.2 Å². The maximum atomic E-state index is 13.2. The molecule has 0 saturated carbocycles. The molecule has 120 valence electrons. The van der Waals surface area contributed by atoms with Gasteiger partial charge in [0.2, 0.25) is 0 Å². The number of carbonyl (C=O) groups excluding carboxylic acids is 1. The normalized spacial score (nSPS) is 21.8. The summed E-state index contributed by atoms with van der Waals surface area (Å²) in [5.74, 6) is -0.627. The summed E-state index contributed by atoms with van der Waals surface area (Å²) in [6, 6.07) is 3.57. The highest BCUT2D eigenvalue weighted by atomic mass is 19.4. The molecule has 0 spiro atoms. The Kier molecular flexibility index (Phi) is 4.41. The molecule has 1 aromatic rings.